The Morgan fingerprint density at radius 3 is 2.47 bits per heavy atom. The molecule has 1 heterocycles. The molecule has 0 aliphatic heterocycles. The third kappa shape index (κ3) is 2.40. The molecule has 0 atom stereocenters. The van der Waals surface area contributed by atoms with Crippen molar-refractivity contribution >= 4 is 34.8 Å². The van der Waals surface area contributed by atoms with Crippen LogP contribution in [0.1, 0.15) is 5.56 Å². The molecule has 1 N–H and O–H groups in total. The molecule has 0 aliphatic rings. The molecule has 0 unspecified atom stereocenters. The maximum Gasteiger partial charge on any atom is 0.0784 e. The molecule has 1 aromatic carbocycles. The molecule has 0 fully saturated rings. The van der Waals surface area contributed by atoms with Gasteiger partial charge in [0, 0.05) is 23.5 Å². The van der Waals surface area contributed by atoms with Crippen molar-refractivity contribution < 1.29 is 5.11 Å². The van der Waals surface area contributed by atoms with E-state index in [2.05, 4.69) is 4.98 Å². The van der Waals surface area contributed by atoms with Crippen molar-refractivity contribution in [2.24, 2.45) is 0 Å². The molecule has 17 heavy (non-hydrogen) atoms. The van der Waals surface area contributed by atoms with Gasteiger partial charge in [-0.05, 0) is 17.7 Å². The van der Waals surface area contributed by atoms with Gasteiger partial charge < -0.3 is 5.11 Å². The summed E-state index contributed by atoms with van der Waals surface area (Å²) >= 11 is 18.0. The molecule has 1 aromatic heterocycles. The van der Waals surface area contributed by atoms with E-state index in [-0.39, 0.29) is 6.61 Å². The molecular formula is C12H8Cl3NO. The first-order chi connectivity index (χ1) is 8.15. The van der Waals surface area contributed by atoms with Crippen LogP contribution in [0.15, 0.2) is 30.6 Å². The highest BCUT2D eigenvalue weighted by molar-refractivity contribution is 6.49. The van der Waals surface area contributed by atoms with Crippen LogP contribution in [0.4, 0.5) is 0 Å². The van der Waals surface area contributed by atoms with Crippen LogP contribution in [0.3, 0.4) is 0 Å². The van der Waals surface area contributed by atoms with Gasteiger partial charge in [0.05, 0.1) is 21.7 Å². The average Bonchev–Trinajstić information content (AvgIpc) is 2.36. The summed E-state index contributed by atoms with van der Waals surface area (Å²) in [6.07, 6.45) is 3.25. The molecule has 2 nitrogen and oxygen atoms in total. The van der Waals surface area contributed by atoms with Crippen LogP contribution in [0.2, 0.25) is 15.1 Å². The summed E-state index contributed by atoms with van der Waals surface area (Å²) in [4.78, 5) is 4.02. The van der Waals surface area contributed by atoms with Crippen LogP contribution in [0.5, 0.6) is 0 Å². The number of nitrogens with zero attached hydrogens (tertiary/aromatic N) is 1. The van der Waals surface area contributed by atoms with E-state index in [1.807, 2.05) is 0 Å². The second-order valence-electron chi connectivity index (χ2n) is 3.41. The summed E-state index contributed by atoms with van der Waals surface area (Å²) in [6, 6.07) is 5.15. The molecule has 0 bridgehead atoms. The van der Waals surface area contributed by atoms with E-state index < -0.39 is 0 Å². The minimum Gasteiger partial charge on any atom is -0.392 e. The van der Waals surface area contributed by atoms with Crippen LogP contribution in [0.25, 0.3) is 11.1 Å². The molecule has 5 heteroatoms. The Balaban J connectivity index is 2.65. The van der Waals surface area contributed by atoms with Gasteiger partial charge in [-0.1, -0.05) is 40.9 Å². The minimum atomic E-state index is -0.0889. The molecule has 0 amide bonds. The lowest BCUT2D eigenvalue weighted by molar-refractivity contribution is 0.282. The third-order valence-corrected chi connectivity index (χ3v) is 3.70. The molecular weight excluding hydrogens is 280 g/mol. The van der Waals surface area contributed by atoms with Crippen molar-refractivity contribution in [2.45, 2.75) is 6.61 Å². The lowest BCUT2D eigenvalue weighted by Crippen LogP contribution is -1.91. The number of aromatic nitrogens is 1. The standard InChI is InChI=1S/C12H8Cl3NO/c13-10-2-1-8(11(14)12(10)15)9-5-16-4-3-7(9)6-17/h1-5,17H,6H2. The number of rotatable bonds is 2. The van der Waals surface area contributed by atoms with Gasteiger partial charge in [0.1, 0.15) is 0 Å². The van der Waals surface area contributed by atoms with E-state index in [0.717, 1.165) is 11.1 Å². The summed E-state index contributed by atoms with van der Waals surface area (Å²) in [7, 11) is 0. The number of aliphatic hydroxyl groups is 1. The summed E-state index contributed by atoms with van der Waals surface area (Å²) in [5, 5.41) is 10.3. The van der Waals surface area contributed by atoms with Gasteiger partial charge in [-0.3, -0.25) is 4.98 Å². The number of hydrogen-bond donors (Lipinski definition) is 1. The first-order valence-electron chi connectivity index (χ1n) is 4.82. The Morgan fingerprint density at radius 1 is 1.00 bits per heavy atom. The topological polar surface area (TPSA) is 33.1 Å². The maximum atomic E-state index is 9.26. The number of halogens is 3. The van der Waals surface area contributed by atoms with Gasteiger partial charge in [-0.15, -0.1) is 0 Å². The lowest BCUT2D eigenvalue weighted by Gasteiger charge is -2.10. The Labute approximate surface area is 114 Å². The Morgan fingerprint density at radius 2 is 1.76 bits per heavy atom. The molecule has 0 spiro atoms. The van der Waals surface area contributed by atoms with E-state index in [9.17, 15) is 5.11 Å². The summed E-state index contributed by atoms with van der Waals surface area (Å²) in [6.45, 7) is -0.0889. The highest BCUT2D eigenvalue weighted by Gasteiger charge is 2.13. The molecule has 0 radical (unpaired) electrons. The van der Waals surface area contributed by atoms with Crippen LogP contribution in [0, 0.1) is 0 Å². The molecule has 0 saturated carbocycles. The van der Waals surface area contributed by atoms with Gasteiger partial charge in [0.2, 0.25) is 0 Å². The number of pyridine rings is 1. The van der Waals surface area contributed by atoms with Crippen LogP contribution in [-0.4, -0.2) is 10.1 Å². The summed E-state index contributed by atoms with van der Waals surface area (Å²) in [5.41, 5.74) is 2.19. The van der Waals surface area contributed by atoms with E-state index in [1.165, 1.54) is 0 Å². The fourth-order valence-corrected chi connectivity index (χ4v) is 2.17. The molecule has 2 rings (SSSR count). The van der Waals surface area contributed by atoms with Gasteiger partial charge in [0.25, 0.3) is 0 Å². The Kier molecular flexibility index (Phi) is 3.89. The lowest BCUT2D eigenvalue weighted by atomic mass is 10.0. The van der Waals surface area contributed by atoms with Crippen LogP contribution in [-0.2, 0) is 6.61 Å². The zero-order valence-electron chi connectivity index (χ0n) is 8.62. The quantitative estimate of drug-likeness (QED) is 0.840. The fourth-order valence-electron chi connectivity index (χ4n) is 1.54. The molecule has 0 saturated heterocycles. The predicted octanol–water partition coefficient (Wildman–Crippen LogP) is 4.20. The van der Waals surface area contributed by atoms with E-state index in [1.54, 1.807) is 30.6 Å². The Bertz CT molecular complexity index is 557. The van der Waals surface area contributed by atoms with Gasteiger partial charge in [-0.25, -0.2) is 0 Å². The first-order valence-corrected chi connectivity index (χ1v) is 5.96. The second-order valence-corrected chi connectivity index (χ2v) is 4.58. The zero-order valence-corrected chi connectivity index (χ0v) is 10.9. The smallest absolute Gasteiger partial charge is 0.0784 e. The zero-order chi connectivity index (χ0) is 12.4. The van der Waals surface area contributed by atoms with Crippen molar-refractivity contribution in [3.8, 4) is 11.1 Å². The SMILES string of the molecule is OCc1ccncc1-c1ccc(Cl)c(Cl)c1Cl. The average molecular weight is 289 g/mol. The first kappa shape index (κ1) is 12.7. The van der Waals surface area contributed by atoms with E-state index >= 15 is 0 Å². The van der Waals surface area contributed by atoms with Crippen molar-refractivity contribution in [2.75, 3.05) is 0 Å². The largest absolute Gasteiger partial charge is 0.392 e. The van der Waals surface area contributed by atoms with Crippen LogP contribution < -0.4 is 0 Å². The third-order valence-electron chi connectivity index (χ3n) is 2.41. The van der Waals surface area contributed by atoms with Crippen LogP contribution >= 0.6 is 34.8 Å². The summed E-state index contributed by atoms with van der Waals surface area (Å²) in [5.74, 6) is 0. The monoisotopic (exact) mass is 287 g/mol. The maximum absolute atomic E-state index is 9.26. The fraction of sp³-hybridized carbons (Fsp3) is 0.0833. The van der Waals surface area contributed by atoms with Gasteiger partial charge in [0.15, 0.2) is 0 Å². The number of aliphatic hydroxyl groups excluding tert-OH is 1. The minimum absolute atomic E-state index is 0.0889. The normalized spacial score (nSPS) is 10.6. The van der Waals surface area contributed by atoms with Crippen molar-refractivity contribution in [3.63, 3.8) is 0 Å². The van der Waals surface area contributed by atoms with E-state index in [4.69, 9.17) is 34.8 Å². The predicted molar refractivity (Wildman–Crippen MR) is 70.6 cm³/mol. The molecule has 88 valence electrons. The van der Waals surface area contributed by atoms with Crippen molar-refractivity contribution in [1.82, 2.24) is 4.98 Å². The number of benzene rings is 1. The van der Waals surface area contributed by atoms with E-state index in [0.29, 0.717) is 20.6 Å². The molecule has 0 aliphatic carbocycles. The Hall–Kier alpha value is -0.800. The van der Waals surface area contributed by atoms with Crippen molar-refractivity contribution in [1.29, 1.82) is 0 Å². The van der Waals surface area contributed by atoms with Gasteiger partial charge in [-0.2, -0.15) is 0 Å². The second kappa shape index (κ2) is 5.23. The molecule has 2 aromatic rings. The summed E-state index contributed by atoms with van der Waals surface area (Å²) < 4.78 is 0. The highest BCUT2D eigenvalue weighted by Crippen LogP contribution is 2.38. The van der Waals surface area contributed by atoms with Crippen molar-refractivity contribution in [3.05, 3.63) is 51.2 Å². The van der Waals surface area contributed by atoms with Gasteiger partial charge >= 0.3 is 0 Å². The number of hydrogen-bond acceptors (Lipinski definition) is 2. The highest BCUT2D eigenvalue weighted by atomic mass is 35.5.